The molecule has 0 aromatic carbocycles. The normalized spacial score (nSPS) is 18.2. The number of nitrogens with zero attached hydrogens (tertiary/aromatic N) is 2. The van der Waals surface area contributed by atoms with Crippen LogP contribution in [0.1, 0.15) is 111 Å². The molecule has 0 fully saturated rings. The second-order valence-corrected chi connectivity index (χ2v) is 14.9. The number of aromatic nitrogens is 4. The highest BCUT2D eigenvalue weighted by atomic mass is 35.5. The van der Waals surface area contributed by atoms with Gasteiger partial charge in [-0.2, -0.15) is 0 Å². The van der Waals surface area contributed by atoms with Crippen LogP contribution in [0.4, 0.5) is 0 Å². The van der Waals surface area contributed by atoms with E-state index in [4.69, 9.17) is 31.0 Å². The summed E-state index contributed by atoms with van der Waals surface area (Å²) in [6.07, 6.45) is 8.01. The lowest BCUT2D eigenvalue weighted by Crippen LogP contribution is -2.27. The van der Waals surface area contributed by atoms with E-state index in [0.717, 1.165) is 66.5 Å². The van der Waals surface area contributed by atoms with Crippen LogP contribution in [0.2, 0.25) is 5.15 Å². The average molecular weight is 635 g/mol. The number of esters is 2. The Morgan fingerprint density at radius 3 is 1.87 bits per heavy atom. The maximum Gasteiger partial charge on any atom is 0.343 e. The molecule has 45 heavy (non-hydrogen) atoms. The van der Waals surface area contributed by atoms with E-state index in [9.17, 15) is 9.59 Å². The van der Waals surface area contributed by atoms with Gasteiger partial charge in [-0.3, -0.25) is 4.98 Å². The maximum absolute atomic E-state index is 12.1. The summed E-state index contributed by atoms with van der Waals surface area (Å²) >= 11 is 6.21. The molecule has 8 nitrogen and oxygen atoms in total. The Labute approximate surface area is 271 Å². The summed E-state index contributed by atoms with van der Waals surface area (Å²) in [5.41, 5.74) is 9.40. The fraction of sp³-hybridized carbons (Fsp3) is 0.556. The van der Waals surface area contributed by atoms with E-state index in [1.165, 1.54) is 11.1 Å². The summed E-state index contributed by atoms with van der Waals surface area (Å²) in [7, 11) is 0. The third kappa shape index (κ3) is 6.91. The van der Waals surface area contributed by atoms with Gasteiger partial charge in [0.05, 0.1) is 24.2 Å². The van der Waals surface area contributed by atoms with Crippen LogP contribution in [0.5, 0.6) is 0 Å². The van der Waals surface area contributed by atoms with E-state index in [1.807, 2.05) is 6.92 Å². The van der Waals surface area contributed by atoms with Gasteiger partial charge in [-0.15, -0.1) is 0 Å². The Bertz CT molecular complexity index is 1720. The minimum absolute atomic E-state index is 0.288. The van der Waals surface area contributed by atoms with Crippen molar-refractivity contribution in [3.8, 4) is 0 Å². The molecule has 2 aliphatic carbocycles. The van der Waals surface area contributed by atoms with Gasteiger partial charge >= 0.3 is 11.9 Å². The molecule has 0 bridgehead atoms. The molecule has 2 aliphatic rings. The number of rotatable bonds is 4. The lowest BCUT2D eigenvalue weighted by Gasteiger charge is -2.34. The lowest BCUT2D eigenvalue weighted by atomic mass is 9.71. The van der Waals surface area contributed by atoms with Crippen molar-refractivity contribution in [3.63, 3.8) is 0 Å². The van der Waals surface area contributed by atoms with Crippen molar-refractivity contribution < 1.29 is 19.1 Å². The average Bonchev–Trinajstić information content (AvgIpc) is 3.52. The number of carbonyl (C=O) groups excluding carboxylic acids is 2. The van der Waals surface area contributed by atoms with E-state index in [1.54, 1.807) is 13.1 Å². The number of carbonyl (C=O) groups is 2. The second-order valence-electron chi connectivity index (χ2n) is 14.5. The molecule has 242 valence electrons. The molecule has 0 amide bonds. The smallest absolute Gasteiger partial charge is 0.343 e. The van der Waals surface area contributed by atoms with Crippen molar-refractivity contribution in [2.75, 3.05) is 13.2 Å². The quantitative estimate of drug-likeness (QED) is 0.218. The summed E-state index contributed by atoms with van der Waals surface area (Å²) < 4.78 is 10.2. The van der Waals surface area contributed by atoms with Crippen molar-refractivity contribution in [3.05, 3.63) is 57.1 Å². The van der Waals surface area contributed by atoms with Crippen molar-refractivity contribution in [2.45, 2.75) is 93.9 Å². The molecule has 0 spiro atoms. The number of H-pyrrole nitrogens is 2. The zero-order valence-corrected chi connectivity index (χ0v) is 28.7. The van der Waals surface area contributed by atoms with Gasteiger partial charge in [-0.25, -0.2) is 14.6 Å². The zero-order chi connectivity index (χ0) is 32.7. The first-order chi connectivity index (χ1) is 21.2. The van der Waals surface area contributed by atoms with Gasteiger partial charge in [0, 0.05) is 17.6 Å². The van der Waals surface area contributed by atoms with Crippen LogP contribution in [-0.4, -0.2) is 45.1 Å². The number of fused-ring (bicyclic) bond motifs is 4. The van der Waals surface area contributed by atoms with Crippen LogP contribution >= 0.6 is 11.6 Å². The fourth-order valence-corrected chi connectivity index (χ4v) is 6.93. The highest BCUT2D eigenvalue weighted by molar-refractivity contribution is 6.34. The molecule has 0 saturated heterocycles. The minimum atomic E-state index is -0.417. The van der Waals surface area contributed by atoms with E-state index < -0.39 is 5.97 Å². The van der Waals surface area contributed by atoms with Gasteiger partial charge in [-0.1, -0.05) is 53.1 Å². The molecule has 2 N–H and O–H groups in total. The Morgan fingerprint density at radius 1 is 0.822 bits per heavy atom. The van der Waals surface area contributed by atoms with Crippen molar-refractivity contribution in [1.29, 1.82) is 0 Å². The SMILES string of the molecule is CCOC(=O)c1c(Cl)[nH]c2cc3c(nc12)CCC(C(C)(C)C)C3.CCOC(=O)c1c[nH]c2cc3c(nc12)CCC(C(C)(C)C)C3. The summed E-state index contributed by atoms with van der Waals surface area (Å²) in [4.78, 5) is 39.9. The number of aromatic amines is 2. The first-order valence-electron chi connectivity index (χ1n) is 16.2. The molecule has 2 unspecified atom stereocenters. The van der Waals surface area contributed by atoms with Crippen molar-refractivity contribution >= 4 is 45.6 Å². The number of halogens is 1. The molecule has 4 heterocycles. The van der Waals surface area contributed by atoms with E-state index in [2.05, 4.69) is 63.6 Å². The number of hydrogen-bond acceptors (Lipinski definition) is 6. The van der Waals surface area contributed by atoms with Crippen LogP contribution in [0.25, 0.3) is 22.1 Å². The van der Waals surface area contributed by atoms with Gasteiger partial charge in [0.15, 0.2) is 0 Å². The first-order valence-corrected chi connectivity index (χ1v) is 16.6. The summed E-state index contributed by atoms with van der Waals surface area (Å²) in [6, 6.07) is 4.27. The molecule has 9 heteroatoms. The van der Waals surface area contributed by atoms with E-state index in [0.29, 0.717) is 52.3 Å². The number of nitrogens with one attached hydrogen (secondary N) is 2. The molecule has 4 aromatic rings. The second kappa shape index (κ2) is 12.8. The van der Waals surface area contributed by atoms with Gasteiger partial charge in [0.1, 0.15) is 27.3 Å². The van der Waals surface area contributed by atoms with Crippen LogP contribution in [-0.2, 0) is 35.2 Å². The first kappa shape index (κ1) is 33.0. The van der Waals surface area contributed by atoms with Crippen molar-refractivity contribution in [1.82, 2.24) is 19.9 Å². The molecule has 0 aliphatic heterocycles. The number of aryl methyl sites for hydroxylation is 2. The van der Waals surface area contributed by atoms with Crippen LogP contribution in [0, 0.1) is 22.7 Å². The largest absolute Gasteiger partial charge is 0.462 e. The number of pyridine rings is 2. The highest BCUT2D eigenvalue weighted by Gasteiger charge is 2.32. The topological polar surface area (TPSA) is 110 Å². The number of ether oxygens (including phenoxy) is 2. The standard InChI is InChI=1S/C18H23ClN2O2.C18H24N2O2/c1-5-23-17(22)14-15-13(21-16(14)19)9-10-8-11(18(2,3)4)6-7-12(10)20-15;1-5-22-17(21)13-10-19-15-9-11-8-12(18(2,3)4)6-7-14(11)20-16(13)15/h9,11,21H,5-8H2,1-4H3;9-10,12,19H,5-8H2,1-4H3. The Balaban J connectivity index is 0.000000178. The van der Waals surface area contributed by atoms with E-state index >= 15 is 0 Å². The summed E-state index contributed by atoms with van der Waals surface area (Å²) in [6.45, 7) is 18.1. The Hall–Kier alpha value is -3.39. The fourth-order valence-electron chi connectivity index (χ4n) is 6.67. The Kier molecular flexibility index (Phi) is 9.37. The summed E-state index contributed by atoms with van der Waals surface area (Å²) in [5.74, 6) is 0.604. The van der Waals surface area contributed by atoms with Crippen molar-refractivity contribution in [2.24, 2.45) is 22.7 Å². The third-order valence-electron chi connectivity index (χ3n) is 9.53. The monoisotopic (exact) mass is 634 g/mol. The predicted molar refractivity (Wildman–Crippen MR) is 179 cm³/mol. The van der Waals surface area contributed by atoms with E-state index in [-0.39, 0.29) is 11.4 Å². The molecule has 0 radical (unpaired) electrons. The highest BCUT2D eigenvalue weighted by Crippen LogP contribution is 2.39. The van der Waals surface area contributed by atoms with Crippen LogP contribution in [0.3, 0.4) is 0 Å². The van der Waals surface area contributed by atoms with Gasteiger partial charge in [-0.05, 0) is 98.3 Å². The maximum atomic E-state index is 12.1. The molecule has 0 saturated carbocycles. The molecular formula is C36H47ClN4O4. The predicted octanol–water partition coefficient (Wildman–Crippen LogP) is 8.43. The van der Waals surface area contributed by atoms with Gasteiger partial charge in [0.25, 0.3) is 0 Å². The molecule has 4 aromatic heterocycles. The molecule has 2 atom stereocenters. The third-order valence-corrected chi connectivity index (χ3v) is 9.81. The Morgan fingerprint density at radius 2 is 1.33 bits per heavy atom. The zero-order valence-electron chi connectivity index (χ0n) is 27.9. The van der Waals surface area contributed by atoms with Gasteiger partial charge in [0.2, 0.25) is 0 Å². The number of hydrogen-bond donors (Lipinski definition) is 2. The molecule has 6 rings (SSSR count). The molecular weight excluding hydrogens is 588 g/mol. The van der Waals surface area contributed by atoms with Crippen LogP contribution < -0.4 is 0 Å². The lowest BCUT2D eigenvalue weighted by molar-refractivity contribution is 0.0519. The van der Waals surface area contributed by atoms with Gasteiger partial charge < -0.3 is 19.4 Å². The minimum Gasteiger partial charge on any atom is -0.462 e. The summed E-state index contributed by atoms with van der Waals surface area (Å²) in [5, 5.41) is 0.306. The van der Waals surface area contributed by atoms with Crippen LogP contribution in [0.15, 0.2) is 18.3 Å².